The van der Waals surface area contributed by atoms with Crippen LogP contribution in [0.2, 0.25) is 0 Å². The second-order valence-corrected chi connectivity index (χ2v) is 7.35. The average molecular weight is 376 g/mol. The van der Waals surface area contributed by atoms with E-state index in [9.17, 15) is 4.79 Å². The van der Waals surface area contributed by atoms with Crippen LogP contribution in [0.25, 0.3) is 10.8 Å². The van der Waals surface area contributed by atoms with Crippen LogP contribution >= 0.6 is 0 Å². The Kier molecular flexibility index (Phi) is 6.35. The van der Waals surface area contributed by atoms with Crippen molar-refractivity contribution in [2.75, 3.05) is 0 Å². The van der Waals surface area contributed by atoms with Gasteiger partial charge in [-0.05, 0) is 60.7 Å². The van der Waals surface area contributed by atoms with Crippen molar-refractivity contribution >= 4 is 16.7 Å². The fourth-order valence-corrected chi connectivity index (χ4v) is 3.61. The molecule has 0 aliphatic carbocycles. The molecule has 0 spiro atoms. The molecular weight excluding hydrogens is 346 g/mol. The van der Waals surface area contributed by atoms with Crippen molar-refractivity contribution in [3.05, 3.63) is 77.4 Å². The van der Waals surface area contributed by atoms with Gasteiger partial charge in [-0.1, -0.05) is 67.9 Å². The number of nitrogens with one attached hydrogen (secondary N) is 1. The molecule has 0 aliphatic rings. The molecule has 0 bridgehead atoms. The highest BCUT2D eigenvalue weighted by molar-refractivity contribution is 5.84. The molecule has 1 N–H and O–H groups in total. The first-order valence-corrected chi connectivity index (χ1v) is 10.0. The zero-order chi connectivity index (χ0) is 20.1. The Morgan fingerprint density at radius 1 is 0.929 bits per heavy atom. The second kappa shape index (κ2) is 8.92. The van der Waals surface area contributed by atoms with Crippen LogP contribution in [-0.2, 0) is 4.79 Å². The van der Waals surface area contributed by atoms with Crippen molar-refractivity contribution in [2.24, 2.45) is 0 Å². The third-order valence-corrected chi connectivity index (χ3v) is 5.19. The molecule has 0 saturated carbocycles. The number of hydrogen-bond donors (Lipinski definition) is 1. The minimum absolute atomic E-state index is 0.0117. The van der Waals surface area contributed by atoms with Crippen LogP contribution in [0, 0.1) is 13.8 Å². The molecule has 0 fully saturated rings. The van der Waals surface area contributed by atoms with E-state index in [1.165, 1.54) is 16.7 Å². The predicted octanol–water partition coefficient (Wildman–Crippen LogP) is 5.88. The number of carbonyl (C=O) groups is 1. The molecule has 0 unspecified atom stereocenters. The van der Waals surface area contributed by atoms with Crippen LogP contribution in [0.15, 0.2) is 60.7 Å². The molecule has 0 aliphatic heterocycles. The average Bonchev–Trinajstić information content (AvgIpc) is 2.70. The third-order valence-electron chi connectivity index (χ3n) is 5.19. The van der Waals surface area contributed by atoms with Gasteiger partial charge in [-0.2, -0.15) is 0 Å². The molecule has 3 rings (SSSR count). The SMILES string of the molecule is CC[C@@H](Oc1ccc2ccccc2c1)C(=O)N[C@H](CC)c1ccc(C)cc1C. The first kappa shape index (κ1) is 19.9. The van der Waals surface area contributed by atoms with Crippen LogP contribution in [0.5, 0.6) is 5.75 Å². The number of fused-ring (bicyclic) bond motifs is 1. The zero-order valence-corrected chi connectivity index (χ0v) is 17.2. The number of rotatable bonds is 7. The summed E-state index contributed by atoms with van der Waals surface area (Å²) in [6.45, 7) is 8.25. The number of hydrogen-bond acceptors (Lipinski definition) is 2. The summed E-state index contributed by atoms with van der Waals surface area (Å²) in [5.74, 6) is 0.655. The van der Waals surface area contributed by atoms with E-state index in [-0.39, 0.29) is 11.9 Å². The number of carbonyl (C=O) groups excluding carboxylic acids is 1. The Balaban J connectivity index is 1.74. The topological polar surface area (TPSA) is 38.3 Å². The lowest BCUT2D eigenvalue weighted by Gasteiger charge is -2.24. The summed E-state index contributed by atoms with van der Waals surface area (Å²) in [7, 11) is 0. The van der Waals surface area contributed by atoms with Crippen LogP contribution in [0.4, 0.5) is 0 Å². The highest BCUT2D eigenvalue weighted by atomic mass is 16.5. The lowest BCUT2D eigenvalue weighted by Crippen LogP contribution is -2.40. The molecule has 3 nitrogen and oxygen atoms in total. The second-order valence-electron chi connectivity index (χ2n) is 7.35. The molecule has 0 saturated heterocycles. The minimum Gasteiger partial charge on any atom is -0.481 e. The Bertz CT molecular complexity index is 964. The van der Waals surface area contributed by atoms with Crippen molar-refractivity contribution in [2.45, 2.75) is 52.7 Å². The number of ether oxygens (including phenoxy) is 1. The van der Waals surface area contributed by atoms with E-state index >= 15 is 0 Å². The summed E-state index contributed by atoms with van der Waals surface area (Å²) in [5.41, 5.74) is 3.60. The Labute approximate surface area is 167 Å². The van der Waals surface area contributed by atoms with E-state index in [0.29, 0.717) is 6.42 Å². The van der Waals surface area contributed by atoms with Gasteiger partial charge >= 0.3 is 0 Å². The van der Waals surface area contributed by atoms with Crippen molar-refractivity contribution < 1.29 is 9.53 Å². The van der Waals surface area contributed by atoms with E-state index in [2.05, 4.69) is 56.4 Å². The summed E-state index contributed by atoms with van der Waals surface area (Å²) >= 11 is 0. The van der Waals surface area contributed by atoms with Crippen molar-refractivity contribution in [1.29, 1.82) is 0 Å². The fraction of sp³-hybridized carbons (Fsp3) is 0.320. The highest BCUT2D eigenvalue weighted by Gasteiger charge is 2.22. The molecule has 2 atom stereocenters. The fourth-order valence-electron chi connectivity index (χ4n) is 3.61. The first-order chi connectivity index (χ1) is 13.5. The van der Waals surface area contributed by atoms with Gasteiger partial charge < -0.3 is 10.1 Å². The highest BCUT2D eigenvalue weighted by Crippen LogP contribution is 2.24. The molecule has 0 radical (unpaired) electrons. The lowest BCUT2D eigenvalue weighted by molar-refractivity contribution is -0.128. The standard InChI is InChI=1S/C25H29NO2/c1-5-23(22-14-11-17(3)15-18(22)4)26-25(27)24(6-2)28-21-13-12-19-9-7-8-10-20(19)16-21/h7-16,23-24H,5-6H2,1-4H3,(H,26,27)/t23-,24-/m1/s1. The summed E-state index contributed by atoms with van der Waals surface area (Å²) in [5, 5.41) is 5.46. The van der Waals surface area contributed by atoms with E-state index in [4.69, 9.17) is 4.74 Å². The van der Waals surface area contributed by atoms with Crippen LogP contribution in [0.1, 0.15) is 49.4 Å². The van der Waals surface area contributed by atoms with Crippen LogP contribution in [0.3, 0.4) is 0 Å². The molecule has 3 aromatic carbocycles. The quantitative estimate of drug-likeness (QED) is 0.560. The van der Waals surface area contributed by atoms with Gasteiger partial charge in [-0.3, -0.25) is 4.79 Å². The van der Waals surface area contributed by atoms with Gasteiger partial charge in [0.15, 0.2) is 6.10 Å². The molecule has 146 valence electrons. The maximum absolute atomic E-state index is 12.9. The van der Waals surface area contributed by atoms with Gasteiger partial charge in [0.05, 0.1) is 6.04 Å². The monoisotopic (exact) mass is 375 g/mol. The summed E-state index contributed by atoms with van der Waals surface area (Å²) in [6.07, 6.45) is 0.935. The summed E-state index contributed by atoms with van der Waals surface area (Å²) in [4.78, 5) is 12.9. The third kappa shape index (κ3) is 4.53. The molecule has 3 aromatic rings. The lowest BCUT2D eigenvalue weighted by atomic mass is 9.97. The molecule has 0 aromatic heterocycles. The van der Waals surface area contributed by atoms with Crippen molar-refractivity contribution in [3.8, 4) is 5.75 Å². The summed E-state index contributed by atoms with van der Waals surface area (Å²) in [6, 6.07) is 20.5. The number of benzene rings is 3. The van der Waals surface area contributed by atoms with Crippen molar-refractivity contribution in [1.82, 2.24) is 5.32 Å². The molecule has 28 heavy (non-hydrogen) atoms. The van der Waals surface area contributed by atoms with Gasteiger partial charge in [0.25, 0.3) is 5.91 Å². The van der Waals surface area contributed by atoms with Gasteiger partial charge in [0.2, 0.25) is 0 Å². The maximum Gasteiger partial charge on any atom is 0.261 e. The van der Waals surface area contributed by atoms with E-state index in [1.54, 1.807) is 0 Å². The zero-order valence-electron chi connectivity index (χ0n) is 17.2. The van der Waals surface area contributed by atoms with Gasteiger partial charge in [0.1, 0.15) is 5.75 Å². The predicted molar refractivity (Wildman–Crippen MR) is 116 cm³/mol. The Morgan fingerprint density at radius 3 is 2.36 bits per heavy atom. The minimum atomic E-state index is -0.513. The first-order valence-electron chi connectivity index (χ1n) is 10.0. The van der Waals surface area contributed by atoms with E-state index in [1.807, 2.05) is 37.3 Å². The molecule has 1 amide bonds. The molecule has 0 heterocycles. The van der Waals surface area contributed by atoms with Crippen molar-refractivity contribution in [3.63, 3.8) is 0 Å². The summed E-state index contributed by atoms with van der Waals surface area (Å²) < 4.78 is 6.05. The van der Waals surface area contributed by atoms with Gasteiger partial charge in [0, 0.05) is 0 Å². The Hall–Kier alpha value is -2.81. The van der Waals surface area contributed by atoms with Gasteiger partial charge in [-0.25, -0.2) is 0 Å². The maximum atomic E-state index is 12.9. The number of aryl methyl sites for hydroxylation is 2. The molecule has 3 heteroatoms. The normalized spacial score (nSPS) is 13.1. The van der Waals surface area contributed by atoms with E-state index < -0.39 is 6.10 Å². The van der Waals surface area contributed by atoms with E-state index in [0.717, 1.165) is 22.9 Å². The van der Waals surface area contributed by atoms with Crippen LogP contribution in [-0.4, -0.2) is 12.0 Å². The Morgan fingerprint density at radius 2 is 1.68 bits per heavy atom. The smallest absolute Gasteiger partial charge is 0.261 e. The number of amides is 1. The molecular formula is C25H29NO2. The van der Waals surface area contributed by atoms with Crippen LogP contribution < -0.4 is 10.1 Å². The van der Waals surface area contributed by atoms with Gasteiger partial charge in [-0.15, -0.1) is 0 Å². The largest absolute Gasteiger partial charge is 0.481 e.